The van der Waals surface area contributed by atoms with Crippen LogP contribution in [0.2, 0.25) is 0 Å². The molecule has 2 aliphatic rings. The van der Waals surface area contributed by atoms with E-state index in [-0.39, 0.29) is 24.0 Å². The standard InChI is InChI=1S/C22H33N3O3/c1-16(2)14-21(26)24-17-9-11-25(12-10-17)20-8-4-3-7-19(20)22(27)23-15-18-6-5-13-28-18/h3-4,7-8,16-18H,5-6,9-15H2,1-2H3,(H,23,27)(H,24,26). The molecular formula is C22H33N3O3. The average Bonchev–Trinajstić information content (AvgIpc) is 3.20. The van der Waals surface area contributed by atoms with Crippen molar-refractivity contribution in [1.82, 2.24) is 10.6 Å². The van der Waals surface area contributed by atoms with Crippen LogP contribution in [-0.4, -0.2) is 50.2 Å². The highest BCUT2D eigenvalue weighted by atomic mass is 16.5. The molecule has 2 amide bonds. The number of anilines is 1. The van der Waals surface area contributed by atoms with Gasteiger partial charge in [-0.15, -0.1) is 0 Å². The van der Waals surface area contributed by atoms with E-state index in [2.05, 4.69) is 29.4 Å². The van der Waals surface area contributed by atoms with Crippen LogP contribution >= 0.6 is 0 Å². The smallest absolute Gasteiger partial charge is 0.253 e. The van der Waals surface area contributed by atoms with Gasteiger partial charge in [0.05, 0.1) is 11.7 Å². The van der Waals surface area contributed by atoms with Crippen molar-refractivity contribution in [2.24, 2.45) is 5.92 Å². The van der Waals surface area contributed by atoms with Gasteiger partial charge in [0.2, 0.25) is 5.91 Å². The van der Waals surface area contributed by atoms with Crippen molar-refractivity contribution in [3.8, 4) is 0 Å². The van der Waals surface area contributed by atoms with Gasteiger partial charge in [-0.1, -0.05) is 26.0 Å². The zero-order chi connectivity index (χ0) is 19.9. The zero-order valence-corrected chi connectivity index (χ0v) is 17.1. The van der Waals surface area contributed by atoms with E-state index in [0.29, 0.717) is 24.4 Å². The van der Waals surface area contributed by atoms with Gasteiger partial charge in [0.15, 0.2) is 0 Å². The minimum Gasteiger partial charge on any atom is -0.376 e. The van der Waals surface area contributed by atoms with Gasteiger partial charge in [-0.3, -0.25) is 9.59 Å². The topological polar surface area (TPSA) is 70.7 Å². The van der Waals surface area contributed by atoms with Gasteiger partial charge in [0, 0.05) is 44.4 Å². The third-order valence-electron chi connectivity index (χ3n) is 5.46. The van der Waals surface area contributed by atoms with E-state index in [1.54, 1.807) is 0 Å². The van der Waals surface area contributed by atoms with Gasteiger partial charge in [-0.25, -0.2) is 0 Å². The third-order valence-corrected chi connectivity index (χ3v) is 5.46. The van der Waals surface area contributed by atoms with E-state index >= 15 is 0 Å². The van der Waals surface area contributed by atoms with Crippen LogP contribution in [0.4, 0.5) is 5.69 Å². The lowest BCUT2D eigenvalue weighted by Crippen LogP contribution is -2.45. The van der Waals surface area contributed by atoms with Crippen LogP contribution < -0.4 is 15.5 Å². The molecule has 1 aromatic rings. The number of nitrogens with zero attached hydrogens (tertiary/aromatic N) is 1. The molecule has 0 spiro atoms. The van der Waals surface area contributed by atoms with Gasteiger partial charge in [-0.05, 0) is 43.7 Å². The monoisotopic (exact) mass is 387 g/mol. The number of amides is 2. The Kier molecular flexibility index (Phi) is 7.31. The number of piperidine rings is 1. The van der Waals surface area contributed by atoms with Gasteiger partial charge in [0.1, 0.15) is 0 Å². The molecule has 1 aromatic carbocycles. The van der Waals surface area contributed by atoms with Crippen molar-refractivity contribution in [3.05, 3.63) is 29.8 Å². The van der Waals surface area contributed by atoms with Crippen LogP contribution in [0.5, 0.6) is 0 Å². The summed E-state index contributed by atoms with van der Waals surface area (Å²) in [5, 5.41) is 6.18. The Morgan fingerprint density at radius 3 is 2.61 bits per heavy atom. The quantitative estimate of drug-likeness (QED) is 0.755. The van der Waals surface area contributed by atoms with Crippen LogP contribution in [0.1, 0.15) is 56.3 Å². The molecule has 6 heteroatoms. The van der Waals surface area contributed by atoms with E-state index in [9.17, 15) is 9.59 Å². The Bertz CT molecular complexity index is 663. The molecular weight excluding hydrogens is 354 g/mol. The van der Waals surface area contributed by atoms with Gasteiger partial charge in [0.25, 0.3) is 5.91 Å². The fourth-order valence-electron chi connectivity index (χ4n) is 3.97. The molecule has 2 saturated heterocycles. The summed E-state index contributed by atoms with van der Waals surface area (Å²) < 4.78 is 5.59. The highest BCUT2D eigenvalue weighted by molar-refractivity contribution is 5.99. The summed E-state index contributed by atoms with van der Waals surface area (Å²) in [6, 6.07) is 8.00. The van der Waals surface area contributed by atoms with Crippen molar-refractivity contribution in [2.45, 2.75) is 58.1 Å². The number of ether oxygens (including phenoxy) is 1. The molecule has 2 heterocycles. The molecule has 0 saturated carbocycles. The molecule has 0 aromatic heterocycles. The molecule has 0 aliphatic carbocycles. The van der Waals surface area contributed by atoms with Crippen LogP contribution in [0.15, 0.2) is 24.3 Å². The lowest BCUT2D eigenvalue weighted by Gasteiger charge is -2.35. The summed E-state index contributed by atoms with van der Waals surface area (Å²) in [5.74, 6) is 0.473. The number of hydrogen-bond acceptors (Lipinski definition) is 4. The summed E-state index contributed by atoms with van der Waals surface area (Å²) in [6.07, 6.45) is 4.60. The zero-order valence-electron chi connectivity index (χ0n) is 17.1. The van der Waals surface area contributed by atoms with Crippen LogP contribution in [0, 0.1) is 5.92 Å². The predicted molar refractivity (Wildman–Crippen MR) is 111 cm³/mol. The molecule has 2 N–H and O–H groups in total. The van der Waals surface area contributed by atoms with E-state index in [0.717, 1.165) is 51.1 Å². The lowest BCUT2D eigenvalue weighted by atomic mass is 10.0. The maximum Gasteiger partial charge on any atom is 0.253 e. The van der Waals surface area contributed by atoms with E-state index in [1.165, 1.54) is 0 Å². The number of carbonyl (C=O) groups is 2. The van der Waals surface area contributed by atoms with Gasteiger partial charge < -0.3 is 20.3 Å². The first-order valence-corrected chi connectivity index (χ1v) is 10.6. The Morgan fingerprint density at radius 2 is 1.93 bits per heavy atom. The second-order valence-electron chi connectivity index (χ2n) is 8.29. The molecule has 0 radical (unpaired) electrons. The number of carbonyl (C=O) groups excluding carboxylic acids is 2. The highest BCUT2D eigenvalue weighted by Gasteiger charge is 2.24. The second kappa shape index (κ2) is 9.92. The maximum absolute atomic E-state index is 12.7. The van der Waals surface area contributed by atoms with Crippen molar-refractivity contribution in [2.75, 3.05) is 31.1 Å². The number of rotatable bonds is 7. The van der Waals surface area contributed by atoms with Crippen molar-refractivity contribution >= 4 is 17.5 Å². The van der Waals surface area contributed by atoms with Crippen LogP contribution in [0.25, 0.3) is 0 Å². The normalized spacial score (nSPS) is 20.4. The number of hydrogen-bond donors (Lipinski definition) is 2. The van der Waals surface area contributed by atoms with Gasteiger partial charge >= 0.3 is 0 Å². The number of para-hydroxylation sites is 1. The molecule has 28 heavy (non-hydrogen) atoms. The summed E-state index contributed by atoms with van der Waals surface area (Å²) in [6.45, 7) is 7.15. The molecule has 6 nitrogen and oxygen atoms in total. The molecule has 0 bridgehead atoms. The highest BCUT2D eigenvalue weighted by Crippen LogP contribution is 2.24. The summed E-state index contributed by atoms with van der Waals surface area (Å²) in [5.41, 5.74) is 1.68. The van der Waals surface area contributed by atoms with Crippen molar-refractivity contribution in [3.63, 3.8) is 0 Å². The molecule has 3 rings (SSSR count). The van der Waals surface area contributed by atoms with Crippen molar-refractivity contribution in [1.29, 1.82) is 0 Å². The van der Waals surface area contributed by atoms with Crippen LogP contribution in [-0.2, 0) is 9.53 Å². The summed E-state index contributed by atoms with van der Waals surface area (Å²) in [7, 11) is 0. The largest absolute Gasteiger partial charge is 0.376 e. The predicted octanol–water partition coefficient (Wildman–Crippen LogP) is 2.73. The first kappa shape index (κ1) is 20.6. The lowest BCUT2D eigenvalue weighted by molar-refractivity contribution is -0.122. The third kappa shape index (κ3) is 5.71. The van der Waals surface area contributed by atoms with Crippen LogP contribution in [0.3, 0.4) is 0 Å². The number of benzene rings is 1. The molecule has 1 atom stereocenters. The number of nitrogens with one attached hydrogen (secondary N) is 2. The Labute approximate surface area is 168 Å². The fraction of sp³-hybridized carbons (Fsp3) is 0.636. The fourth-order valence-corrected chi connectivity index (χ4v) is 3.97. The average molecular weight is 388 g/mol. The first-order valence-electron chi connectivity index (χ1n) is 10.6. The van der Waals surface area contributed by atoms with E-state index < -0.39 is 0 Å². The maximum atomic E-state index is 12.7. The first-order chi connectivity index (χ1) is 13.5. The van der Waals surface area contributed by atoms with Gasteiger partial charge in [-0.2, -0.15) is 0 Å². The van der Waals surface area contributed by atoms with E-state index in [4.69, 9.17) is 4.74 Å². The van der Waals surface area contributed by atoms with E-state index in [1.807, 2.05) is 24.3 Å². The second-order valence-corrected chi connectivity index (χ2v) is 8.29. The van der Waals surface area contributed by atoms with Crippen molar-refractivity contribution < 1.29 is 14.3 Å². The SMILES string of the molecule is CC(C)CC(=O)NC1CCN(c2ccccc2C(=O)NCC2CCCO2)CC1. The summed E-state index contributed by atoms with van der Waals surface area (Å²) >= 11 is 0. The summed E-state index contributed by atoms with van der Waals surface area (Å²) in [4.78, 5) is 27.0. The minimum absolute atomic E-state index is 0.0431. The molecule has 2 aliphatic heterocycles. The minimum atomic E-state index is -0.0431. The molecule has 154 valence electrons. The Hall–Kier alpha value is -2.08. The Balaban J connectivity index is 1.54. The Morgan fingerprint density at radius 1 is 1.18 bits per heavy atom. The molecule has 1 unspecified atom stereocenters. The molecule has 2 fully saturated rings.